The number of piperidine rings is 1. The zero-order chi connectivity index (χ0) is 13.3. The third kappa shape index (κ3) is 2.84. The summed E-state index contributed by atoms with van der Waals surface area (Å²) in [5.74, 6) is -0.107. The van der Waals surface area contributed by atoms with Crippen molar-refractivity contribution in [2.24, 2.45) is 0 Å². The van der Waals surface area contributed by atoms with E-state index in [-0.39, 0.29) is 12.0 Å². The summed E-state index contributed by atoms with van der Waals surface area (Å²) in [6, 6.07) is -0.532. The first-order chi connectivity index (χ1) is 8.39. The number of rotatable bonds is 2. The van der Waals surface area contributed by atoms with Gasteiger partial charge in [-0.1, -0.05) is 0 Å². The van der Waals surface area contributed by atoms with Crippen molar-refractivity contribution < 1.29 is 18.3 Å². The second kappa shape index (κ2) is 5.14. The van der Waals surface area contributed by atoms with E-state index >= 15 is 0 Å². The molecule has 18 heavy (non-hydrogen) atoms. The largest absolute Gasteiger partial charge is 0.393 e. The molecule has 2 aliphatic rings. The summed E-state index contributed by atoms with van der Waals surface area (Å²) in [6.07, 6.45) is 3.32. The van der Waals surface area contributed by atoms with Crippen LogP contribution in [0.2, 0.25) is 0 Å². The van der Waals surface area contributed by atoms with Gasteiger partial charge in [-0.15, -0.1) is 0 Å². The van der Waals surface area contributed by atoms with E-state index in [0.717, 1.165) is 12.7 Å². The molecule has 2 aliphatic heterocycles. The lowest BCUT2D eigenvalue weighted by Gasteiger charge is -2.33. The molecule has 1 unspecified atom stereocenters. The maximum Gasteiger partial charge on any atom is 0.241 e. The molecule has 104 valence electrons. The lowest BCUT2D eigenvalue weighted by atomic mass is 10.1. The number of carbonyl (C=O) groups excluding carboxylic acids is 1. The van der Waals surface area contributed by atoms with Gasteiger partial charge in [0.2, 0.25) is 15.9 Å². The summed E-state index contributed by atoms with van der Waals surface area (Å²) in [6.45, 7) is 1.48. The Morgan fingerprint density at radius 3 is 2.33 bits per heavy atom. The Hall–Kier alpha value is -0.660. The average molecular weight is 276 g/mol. The number of likely N-dealkylation sites (tertiary alicyclic amines) is 1. The van der Waals surface area contributed by atoms with E-state index in [9.17, 15) is 18.3 Å². The maximum atomic E-state index is 12.3. The maximum absolute atomic E-state index is 12.3. The molecule has 0 bridgehead atoms. The lowest BCUT2D eigenvalue weighted by Crippen LogP contribution is -2.50. The van der Waals surface area contributed by atoms with Gasteiger partial charge in [0.05, 0.1) is 12.4 Å². The van der Waals surface area contributed by atoms with E-state index in [2.05, 4.69) is 0 Å². The number of hydrogen-bond donors (Lipinski definition) is 1. The van der Waals surface area contributed by atoms with Crippen molar-refractivity contribution in [2.75, 3.05) is 25.9 Å². The molecule has 2 saturated heterocycles. The molecule has 0 radical (unpaired) electrons. The summed E-state index contributed by atoms with van der Waals surface area (Å²) in [5.41, 5.74) is 0. The Labute approximate surface area is 108 Å². The normalized spacial score (nSPS) is 27.7. The summed E-state index contributed by atoms with van der Waals surface area (Å²) in [5, 5.41) is 9.41. The number of amides is 1. The molecule has 0 spiro atoms. The highest BCUT2D eigenvalue weighted by Crippen LogP contribution is 2.23. The molecule has 6 nitrogen and oxygen atoms in total. The van der Waals surface area contributed by atoms with Gasteiger partial charge in [0.15, 0.2) is 0 Å². The third-order valence-corrected chi connectivity index (χ3v) is 4.98. The van der Waals surface area contributed by atoms with Crippen LogP contribution in [0.25, 0.3) is 0 Å². The summed E-state index contributed by atoms with van der Waals surface area (Å²) in [4.78, 5) is 14.0. The van der Waals surface area contributed by atoms with E-state index in [1.165, 1.54) is 4.31 Å². The van der Waals surface area contributed by atoms with Crippen LogP contribution in [0.3, 0.4) is 0 Å². The van der Waals surface area contributed by atoms with Crippen LogP contribution < -0.4 is 0 Å². The van der Waals surface area contributed by atoms with Crippen LogP contribution in [0.1, 0.15) is 25.7 Å². The van der Waals surface area contributed by atoms with Gasteiger partial charge in [-0.25, -0.2) is 8.42 Å². The smallest absolute Gasteiger partial charge is 0.241 e. The minimum atomic E-state index is -3.31. The molecule has 2 fully saturated rings. The molecule has 0 aromatic carbocycles. The van der Waals surface area contributed by atoms with E-state index in [4.69, 9.17) is 0 Å². The lowest BCUT2D eigenvalue weighted by molar-refractivity contribution is -0.136. The van der Waals surface area contributed by atoms with Crippen molar-refractivity contribution >= 4 is 15.9 Å². The fourth-order valence-electron chi connectivity index (χ4n) is 2.68. The fraction of sp³-hybridized carbons (Fsp3) is 0.909. The van der Waals surface area contributed by atoms with Crippen LogP contribution in [-0.4, -0.2) is 66.7 Å². The molecule has 1 N–H and O–H groups in total. The molecule has 2 rings (SSSR count). The second-order valence-corrected chi connectivity index (χ2v) is 7.02. The molecule has 7 heteroatoms. The predicted octanol–water partition coefficient (Wildman–Crippen LogP) is -0.606. The summed E-state index contributed by atoms with van der Waals surface area (Å²) >= 11 is 0. The number of aliphatic hydroxyl groups is 1. The molecule has 1 amide bonds. The fourth-order valence-corrected chi connectivity index (χ4v) is 3.80. The standard InChI is InChI=1S/C11H20N2O4S/c1-18(16,17)13-6-2-3-10(13)11(15)12-7-4-9(14)5-8-12/h9-10,14H,2-8H2,1H3. The van der Waals surface area contributed by atoms with Crippen molar-refractivity contribution in [3.8, 4) is 0 Å². The first kappa shape index (κ1) is 13.8. The zero-order valence-corrected chi connectivity index (χ0v) is 11.4. The highest BCUT2D eigenvalue weighted by molar-refractivity contribution is 7.88. The van der Waals surface area contributed by atoms with Crippen molar-refractivity contribution in [1.82, 2.24) is 9.21 Å². The minimum Gasteiger partial charge on any atom is -0.393 e. The second-order valence-electron chi connectivity index (χ2n) is 5.09. The van der Waals surface area contributed by atoms with Gasteiger partial charge in [-0.3, -0.25) is 4.79 Å². The Balaban J connectivity index is 2.04. The zero-order valence-electron chi connectivity index (χ0n) is 10.6. The Bertz CT molecular complexity index is 415. The number of hydrogen-bond acceptors (Lipinski definition) is 4. The van der Waals surface area contributed by atoms with E-state index in [1.807, 2.05) is 0 Å². The highest BCUT2D eigenvalue weighted by atomic mass is 32.2. The van der Waals surface area contributed by atoms with Crippen LogP contribution in [-0.2, 0) is 14.8 Å². The molecular weight excluding hydrogens is 256 g/mol. The molecule has 2 heterocycles. The van der Waals surface area contributed by atoms with E-state index in [0.29, 0.717) is 38.9 Å². The van der Waals surface area contributed by atoms with Crippen LogP contribution in [0, 0.1) is 0 Å². The number of nitrogens with zero attached hydrogens (tertiary/aromatic N) is 2. The number of carbonyl (C=O) groups is 1. The SMILES string of the molecule is CS(=O)(=O)N1CCCC1C(=O)N1CCC(O)CC1. The Morgan fingerprint density at radius 1 is 1.17 bits per heavy atom. The van der Waals surface area contributed by atoms with Crippen molar-refractivity contribution in [1.29, 1.82) is 0 Å². The molecular formula is C11H20N2O4S. The molecule has 0 aromatic heterocycles. The first-order valence-corrected chi connectivity index (χ1v) is 8.18. The van der Waals surface area contributed by atoms with E-state index in [1.54, 1.807) is 4.90 Å². The summed E-state index contributed by atoms with van der Waals surface area (Å²) in [7, 11) is -3.31. The highest BCUT2D eigenvalue weighted by Gasteiger charge is 2.39. The van der Waals surface area contributed by atoms with Crippen molar-refractivity contribution in [2.45, 2.75) is 37.8 Å². The van der Waals surface area contributed by atoms with Gasteiger partial charge in [-0.2, -0.15) is 4.31 Å². The van der Waals surface area contributed by atoms with Gasteiger partial charge in [0.25, 0.3) is 0 Å². The Morgan fingerprint density at radius 2 is 1.78 bits per heavy atom. The quantitative estimate of drug-likeness (QED) is 0.730. The first-order valence-electron chi connectivity index (χ1n) is 6.33. The molecule has 1 atom stereocenters. The van der Waals surface area contributed by atoms with Gasteiger partial charge in [0, 0.05) is 19.6 Å². The van der Waals surface area contributed by atoms with E-state index < -0.39 is 16.1 Å². The topological polar surface area (TPSA) is 77.9 Å². The molecule has 0 aliphatic carbocycles. The monoisotopic (exact) mass is 276 g/mol. The van der Waals surface area contributed by atoms with Gasteiger partial charge in [0.1, 0.15) is 6.04 Å². The van der Waals surface area contributed by atoms with Gasteiger partial charge in [-0.05, 0) is 25.7 Å². The van der Waals surface area contributed by atoms with Gasteiger partial charge < -0.3 is 10.0 Å². The minimum absolute atomic E-state index is 0.107. The van der Waals surface area contributed by atoms with Crippen LogP contribution in [0.4, 0.5) is 0 Å². The van der Waals surface area contributed by atoms with Gasteiger partial charge >= 0.3 is 0 Å². The number of sulfonamides is 1. The average Bonchev–Trinajstić information content (AvgIpc) is 2.77. The Kier molecular flexibility index (Phi) is 3.93. The third-order valence-electron chi connectivity index (χ3n) is 3.69. The summed E-state index contributed by atoms with van der Waals surface area (Å²) < 4.78 is 24.5. The van der Waals surface area contributed by atoms with Crippen LogP contribution >= 0.6 is 0 Å². The van der Waals surface area contributed by atoms with Crippen LogP contribution in [0.15, 0.2) is 0 Å². The van der Waals surface area contributed by atoms with Crippen molar-refractivity contribution in [3.05, 3.63) is 0 Å². The molecule has 0 saturated carbocycles. The van der Waals surface area contributed by atoms with Crippen molar-refractivity contribution in [3.63, 3.8) is 0 Å². The predicted molar refractivity (Wildman–Crippen MR) is 66.4 cm³/mol. The van der Waals surface area contributed by atoms with Crippen LogP contribution in [0.5, 0.6) is 0 Å². The number of aliphatic hydroxyl groups excluding tert-OH is 1. The molecule has 0 aromatic rings.